The Hall–Kier alpha value is -3.04. The summed E-state index contributed by atoms with van der Waals surface area (Å²) in [5.41, 5.74) is 3.27. The number of aromatic nitrogens is 4. The highest BCUT2D eigenvalue weighted by Gasteiger charge is 2.31. The number of thiophene rings is 1. The Kier molecular flexibility index (Phi) is 4.80. The van der Waals surface area contributed by atoms with E-state index in [-0.39, 0.29) is 5.92 Å². The van der Waals surface area contributed by atoms with Crippen molar-refractivity contribution in [1.82, 2.24) is 29.4 Å². The third-order valence-electron chi connectivity index (χ3n) is 6.68. The summed E-state index contributed by atoms with van der Waals surface area (Å²) in [5.74, 6) is 1.31. The van der Waals surface area contributed by atoms with Crippen LogP contribution in [0.5, 0.6) is 0 Å². The first-order chi connectivity index (χ1) is 15.7. The zero-order valence-corrected chi connectivity index (χ0v) is 18.8. The number of amides is 1. The van der Waals surface area contributed by atoms with E-state index in [9.17, 15) is 4.79 Å². The lowest BCUT2D eigenvalue weighted by molar-refractivity contribution is -0.137. The number of carbonyl (C=O) groups is 1. The van der Waals surface area contributed by atoms with Crippen molar-refractivity contribution in [2.45, 2.75) is 25.8 Å². The number of fused-ring (bicyclic) bond motifs is 4. The molecule has 0 bridgehead atoms. The lowest BCUT2D eigenvalue weighted by Crippen LogP contribution is -2.43. The molecule has 2 aliphatic heterocycles. The van der Waals surface area contributed by atoms with E-state index in [1.807, 2.05) is 22.8 Å². The van der Waals surface area contributed by atoms with Crippen LogP contribution in [0.25, 0.3) is 15.7 Å². The molecule has 0 unspecified atom stereocenters. The Morgan fingerprint density at radius 2 is 2.06 bits per heavy atom. The van der Waals surface area contributed by atoms with Gasteiger partial charge in [0.15, 0.2) is 0 Å². The lowest BCUT2D eigenvalue weighted by atomic mass is 9.94. The summed E-state index contributed by atoms with van der Waals surface area (Å²) in [6.07, 6.45) is 8.11. The van der Waals surface area contributed by atoms with Gasteiger partial charge in [-0.2, -0.15) is 5.10 Å². The number of pyridine rings is 1. The second kappa shape index (κ2) is 7.83. The molecular weight excluding hydrogens is 422 g/mol. The van der Waals surface area contributed by atoms with Gasteiger partial charge in [0.2, 0.25) is 5.91 Å². The molecule has 1 amide bonds. The van der Waals surface area contributed by atoms with E-state index in [4.69, 9.17) is 0 Å². The average Bonchev–Trinajstić information content (AvgIpc) is 3.43. The SMILES string of the molecule is CN1CCC(C(=O)N2CCc3c(sc4ncnc(Nc5ccn6nccc6c5)c34)C2)CC1. The summed E-state index contributed by atoms with van der Waals surface area (Å²) in [4.78, 5) is 28.8. The van der Waals surface area contributed by atoms with Crippen LogP contribution in [-0.4, -0.2) is 62.0 Å². The first kappa shape index (κ1) is 19.6. The van der Waals surface area contributed by atoms with Gasteiger partial charge in [-0.1, -0.05) is 0 Å². The van der Waals surface area contributed by atoms with Crippen LogP contribution in [0, 0.1) is 5.92 Å². The molecule has 1 saturated heterocycles. The number of nitrogens with zero attached hydrogens (tertiary/aromatic N) is 6. The minimum atomic E-state index is 0.164. The minimum absolute atomic E-state index is 0.164. The summed E-state index contributed by atoms with van der Waals surface area (Å²) >= 11 is 1.69. The molecule has 9 heteroatoms. The highest BCUT2D eigenvalue weighted by molar-refractivity contribution is 7.19. The summed E-state index contributed by atoms with van der Waals surface area (Å²) < 4.78 is 1.84. The Morgan fingerprint density at radius 1 is 1.19 bits per heavy atom. The second-order valence-electron chi connectivity index (χ2n) is 8.73. The van der Waals surface area contributed by atoms with E-state index in [2.05, 4.69) is 43.3 Å². The fourth-order valence-electron chi connectivity index (χ4n) is 4.86. The molecule has 6 heterocycles. The molecule has 6 rings (SSSR count). The van der Waals surface area contributed by atoms with E-state index >= 15 is 0 Å². The van der Waals surface area contributed by atoms with Gasteiger partial charge in [-0.25, -0.2) is 14.5 Å². The van der Waals surface area contributed by atoms with E-state index in [1.165, 1.54) is 10.4 Å². The summed E-state index contributed by atoms with van der Waals surface area (Å²) in [5, 5.41) is 8.83. The fraction of sp³-hybridized carbons (Fsp3) is 0.391. The average molecular weight is 448 g/mol. The first-order valence-corrected chi connectivity index (χ1v) is 11.9. The van der Waals surface area contributed by atoms with Crippen molar-refractivity contribution in [3.8, 4) is 0 Å². The second-order valence-corrected chi connectivity index (χ2v) is 9.82. The van der Waals surface area contributed by atoms with Crippen molar-refractivity contribution in [2.75, 3.05) is 32.0 Å². The van der Waals surface area contributed by atoms with Gasteiger partial charge < -0.3 is 15.1 Å². The Labute approximate surface area is 189 Å². The molecule has 8 nitrogen and oxygen atoms in total. The van der Waals surface area contributed by atoms with Gasteiger partial charge in [0.25, 0.3) is 0 Å². The van der Waals surface area contributed by atoms with Gasteiger partial charge in [0, 0.05) is 35.4 Å². The molecule has 0 aliphatic carbocycles. The van der Waals surface area contributed by atoms with Crippen molar-refractivity contribution in [3.05, 3.63) is 47.4 Å². The monoisotopic (exact) mass is 447 g/mol. The van der Waals surface area contributed by atoms with Gasteiger partial charge in [-0.3, -0.25) is 4.79 Å². The predicted octanol–water partition coefficient (Wildman–Crippen LogP) is 3.31. The fourth-order valence-corrected chi connectivity index (χ4v) is 6.06. The van der Waals surface area contributed by atoms with Gasteiger partial charge >= 0.3 is 0 Å². The molecule has 0 atom stereocenters. The molecular formula is C23H25N7OS. The largest absolute Gasteiger partial charge is 0.339 e. The molecule has 4 aromatic rings. The molecule has 0 aromatic carbocycles. The maximum Gasteiger partial charge on any atom is 0.226 e. The number of hydrogen-bond acceptors (Lipinski definition) is 7. The van der Waals surface area contributed by atoms with E-state index in [1.54, 1.807) is 23.9 Å². The van der Waals surface area contributed by atoms with E-state index < -0.39 is 0 Å². The van der Waals surface area contributed by atoms with Crippen LogP contribution in [-0.2, 0) is 17.8 Å². The van der Waals surface area contributed by atoms with Crippen molar-refractivity contribution >= 4 is 44.5 Å². The standard InChI is InChI=1S/C23H25N7OS/c1-28-8-3-15(4-9-28)23(31)29-10-6-18-19(13-29)32-22-20(18)21(24-14-25-22)27-16-5-11-30-17(12-16)2-7-26-30/h2,5,7,11-12,14-15H,3-4,6,8-10,13H2,1H3,(H,24,25,27). The number of likely N-dealkylation sites (tertiary alicyclic amines) is 1. The molecule has 0 spiro atoms. The van der Waals surface area contributed by atoms with E-state index in [0.29, 0.717) is 12.5 Å². The van der Waals surface area contributed by atoms with E-state index in [0.717, 1.165) is 66.1 Å². The van der Waals surface area contributed by atoms with Crippen molar-refractivity contribution < 1.29 is 4.79 Å². The normalized spacial score (nSPS) is 17.7. The minimum Gasteiger partial charge on any atom is -0.339 e. The van der Waals surface area contributed by atoms with Crippen LogP contribution >= 0.6 is 11.3 Å². The Balaban J connectivity index is 1.27. The molecule has 1 N–H and O–H groups in total. The van der Waals surface area contributed by atoms with Crippen molar-refractivity contribution in [2.24, 2.45) is 5.92 Å². The lowest BCUT2D eigenvalue weighted by Gasteiger charge is -2.34. The highest BCUT2D eigenvalue weighted by Crippen LogP contribution is 2.38. The molecule has 164 valence electrons. The third kappa shape index (κ3) is 3.41. The number of nitrogens with one attached hydrogen (secondary N) is 1. The number of hydrogen-bond donors (Lipinski definition) is 1. The zero-order chi connectivity index (χ0) is 21.7. The van der Waals surface area contributed by atoms with Gasteiger partial charge in [0.1, 0.15) is 17.0 Å². The Morgan fingerprint density at radius 3 is 2.94 bits per heavy atom. The summed E-state index contributed by atoms with van der Waals surface area (Å²) in [7, 11) is 2.13. The maximum absolute atomic E-state index is 13.1. The molecule has 4 aromatic heterocycles. The van der Waals surface area contributed by atoms with Gasteiger partial charge in [-0.05, 0) is 63.2 Å². The highest BCUT2D eigenvalue weighted by atomic mass is 32.1. The number of piperidine rings is 1. The van der Waals surface area contributed by atoms with Gasteiger partial charge in [-0.15, -0.1) is 11.3 Å². The number of carbonyl (C=O) groups excluding carboxylic acids is 1. The topological polar surface area (TPSA) is 78.7 Å². The van der Waals surface area contributed by atoms with Crippen LogP contribution in [0.3, 0.4) is 0 Å². The summed E-state index contributed by atoms with van der Waals surface area (Å²) in [6, 6.07) is 6.03. The quantitative estimate of drug-likeness (QED) is 0.519. The summed E-state index contributed by atoms with van der Waals surface area (Å²) in [6.45, 7) is 3.46. The first-order valence-electron chi connectivity index (χ1n) is 11.1. The van der Waals surface area contributed by atoms with Gasteiger partial charge in [0.05, 0.1) is 17.4 Å². The molecule has 32 heavy (non-hydrogen) atoms. The molecule has 0 radical (unpaired) electrons. The third-order valence-corrected chi connectivity index (χ3v) is 7.80. The zero-order valence-electron chi connectivity index (χ0n) is 18.0. The molecule has 2 aliphatic rings. The van der Waals surface area contributed by atoms with Crippen LogP contribution < -0.4 is 5.32 Å². The number of anilines is 2. The maximum atomic E-state index is 13.1. The Bertz CT molecular complexity index is 1300. The van der Waals surface area contributed by atoms with Crippen LogP contribution in [0.2, 0.25) is 0 Å². The van der Waals surface area contributed by atoms with Crippen molar-refractivity contribution in [1.29, 1.82) is 0 Å². The van der Waals surface area contributed by atoms with Crippen LogP contribution in [0.15, 0.2) is 36.9 Å². The number of rotatable bonds is 3. The van der Waals surface area contributed by atoms with Crippen LogP contribution in [0.1, 0.15) is 23.3 Å². The predicted molar refractivity (Wildman–Crippen MR) is 125 cm³/mol. The smallest absolute Gasteiger partial charge is 0.226 e. The van der Waals surface area contributed by atoms with Crippen LogP contribution in [0.4, 0.5) is 11.5 Å². The molecule has 0 saturated carbocycles. The molecule has 1 fully saturated rings. The van der Waals surface area contributed by atoms with Crippen molar-refractivity contribution in [3.63, 3.8) is 0 Å².